The quantitative estimate of drug-likeness (QED) is 0.866. The van der Waals surface area contributed by atoms with E-state index in [0.29, 0.717) is 11.5 Å². The van der Waals surface area contributed by atoms with Crippen molar-refractivity contribution in [3.63, 3.8) is 0 Å². The van der Waals surface area contributed by atoms with Crippen LogP contribution in [0.25, 0.3) is 6.08 Å². The Hall–Kier alpha value is -2.10. The minimum atomic E-state index is -0.978. The van der Waals surface area contributed by atoms with Crippen molar-refractivity contribution in [3.8, 4) is 0 Å². The summed E-state index contributed by atoms with van der Waals surface area (Å²) in [4.78, 5) is 24.8. The molecule has 0 aromatic heterocycles. The molecule has 0 radical (unpaired) electrons. The second-order valence-electron chi connectivity index (χ2n) is 5.46. The van der Waals surface area contributed by atoms with E-state index in [0.717, 1.165) is 37.6 Å². The summed E-state index contributed by atoms with van der Waals surface area (Å²) >= 11 is 0. The van der Waals surface area contributed by atoms with E-state index in [4.69, 9.17) is 5.11 Å². The molecule has 0 spiro atoms. The normalized spacial score (nSPS) is 18.9. The fourth-order valence-electron chi connectivity index (χ4n) is 2.67. The summed E-state index contributed by atoms with van der Waals surface area (Å²) in [5.41, 5.74) is 1.44. The van der Waals surface area contributed by atoms with Crippen LogP contribution in [0.4, 0.5) is 0 Å². The third-order valence-corrected chi connectivity index (χ3v) is 3.96. The van der Waals surface area contributed by atoms with Crippen LogP contribution < -0.4 is 0 Å². The van der Waals surface area contributed by atoms with Crippen molar-refractivity contribution in [1.82, 2.24) is 4.90 Å². The molecule has 1 heterocycles. The molecule has 1 aliphatic heterocycles. The van der Waals surface area contributed by atoms with Gasteiger partial charge in [-0.25, -0.2) is 4.79 Å². The number of aliphatic carboxylic acids is 1. The Labute approximate surface area is 125 Å². The van der Waals surface area contributed by atoms with Crippen molar-refractivity contribution >= 4 is 18.0 Å². The fraction of sp³-hybridized carbons (Fsp3) is 0.412. The molecule has 1 saturated heterocycles. The van der Waals surface area contributed by atoms with Crippen molar-refractivity contribution in [2.24, 2.45) is 5.92 Å². The molecule has 1 aromatic rings. The average Bonchev–Trinajstić information content (AvgIpc) is 2.52. The maximum absolute atomic E-state index is 12.5. The van der Waals surface area contributed by atoms with Gasteiger partial charge in [-0.1, -0.05) is 25.5 Å². The molecule has 0 saturated carbocycles. The van der Waals surface area contributed by atoms with Gasteiger partial charge in [-0.15, -0.1) is 0 Å². The van der Waals surface area contributed by atoms with Crippen molar-refractivity contribution in [2.75, 3.05) is 13.1 Å². The highest BCUT2D eigenvalue weighted by Gasteiger charge is 2.23. The van der Waals surface area contributed by atoms with Gasteiger partial charge in [-0.3, -0.25) is 4.79 Å². The SMILES string of the molecule is CCC1CCCN(C(=O)c2ccc(C=CC(=O)O)cc2)C1. The molecular formula is C17H21NO3. The maximum Gasteiger partial charge on any atom is 0.328 e. The Morgan fingerprint density at radius 1 is 1.33 bits per heavy atom. The van der Waals surface area contributed by atoms with Crippen LogP contribution >= 0.6 is 0 Å². The summed E-state index contributed by atoms with van der Waals surface area (Å²) in [6.45, 7) is 3.84. The lowest BCUT2D eigenvalue weighted by atomic mass is 9.95. The Morgan fingerprint density at radius 2 is 2.05 bits per heavy atom. The van der Waals surface area contributed by atoms with Crippen LogP contribution in [-0.2, 0) is 4.79 Å². The maximum atomic E-state index is 12.5. The van der Waals surface area contributed by atoms with Gasteiger partial charge in [0.25, 0.3) is 5.91 Å². The Bertz CT molecular complexity index is 533. The van der Waals surface area contributed by atoms with E-state index in [9.17, 15) is 9.59 Å². The molecule has 1 unspecified atom stereocenters. The van der Waals surface area contributed by atoms with Gasteiger partial charge in [0.05, 0.1) is 0 Å². The number of carbonyl (C=O) groups is 2. The van der Waals surface area contributed by atoms with E-state index < -0.39 is 5.97 Å². The number of likely N-dealkylation sites (tertiary alicyclic amines) is 1. The first-order chi connectivity index (χ1) is 10.1. The first kappa shape index (κ1) is 15.3. The predicted molar refractivity (Wildman–Crippen MR) is 82.0 cm³/mol. The van der Waals surface area contributed by atoms with Crippen LogP contribution in [0.1, 0.15) is 42.1 Å². The molecule has 4 nitrogen and oxygen atoms in total. The zero-order valence-electron chi connectivity index (χ0n) is 12.3. The van der Waals surface area contributed by atoms with Crippen molar-refractivity contribution in [1.29, 1.82) is 0 Å². The number of benzene rings is 1. The second-order valence-corrected chi connectivity index (χ2v) is 5.46. The minimum absolute atomic E-state index is 0.0712. The molecule has 1 amide bonds. The summed E-state index contributed by atoms with van der Waals surface area (Å²) < 4.78 is 0. The lowest BCUT2D eigenvalue weighted by molar-refractivity contribution is -0.131. The third-order valence-electron chi connectivity index (χ3n) is 3.96. The van der Waals surface area contributed by atoms with Crippen molar-refractivity contribution < 1.29 is 14.7 Å². The minimum Gasteiger partial charge on any atom is -0.478 e. The van der Waals surface area contributed by atoms with Gasteiger partial charge in [-0.05, 0) is 42.5 Å². The number of rotatable bonds is 4. The Kier molecular flexibility index (Phi) is 5.14. The molecule has 2 rings (SSSR count). The molecule has 0 bridgehead atoms. The van der Waals surface area contributed by atoms with Gasteiger partial charge >= 0.3 is 5.97 Å². The van der Waals surface area contributed by atoms with Gasteiger partial charge < -0.3 is 10.0 Å². The summed E-state index contributed by atoms with van der Waals surface area (Å²) in [6, 6.07) is 7.07. The standard InChI is InChI=1S/C17H21NO3/c1-2-13-4-3-11-18(12-13)17(21)15-8-5-14(6-9-15)7-10-16(19)20/h5-10,13H,2-4,11-12H2,1H3,(H,19,20). The summed E-state index contributed by atoms with van der Waals surface area (Å²) in [5, 5.41) is 8.59. The molecule has 1 N–H and O–H groups in total. The monoisotopic (exact) mass is 287 g/mol. The van der Waals surface area contributed by atoms with E-state index >= 15 is 0 Å². The van der Waals surface area contributed by atoms with Crippen molar-refractivity contribution in [3.05, 3.63) is 41.5 Å². The number of hydrogen-bond acceptors (Lipinski definition) is 2. The van der Waals surface area contributed by atoms with Gasteiger partial charge in [0.1, 0.15) is 0 Å². The average molecular weight is 287 g/mol. The number of carbonyl (C=O) groups excluding carboxylic acids is 1. The van der Waals surface area contributed by atoms with E-state index in [-0.39, 0.29) is 5.91 Å². The molecule has 1 atom stereocenters. The van der Waals surface area contributed by atoms with Gasteiger partial charge in [0.15, 0.2) is 0 Å². The second kappa shape index (κ2) is 7.07. The van der Waals surface area contributed by atoms with Crippen molar-refractivity contribution in [2.45, 2.75) is 26.2 Å². The van der Waals surface area contributed by atoms with E-state index in [2.05, 4.69) is 6.92 Å². The molecule has 112 valence electrons. The molecule has 1 aromatic carbocycles. The summed E-state index contributed by atoms with van der Waals surface area (Å²) in [5.74, 6) is -0.295. The number of carboxylic acids is 1. The van der Waals surface area contributed by atoms with E-state index in [1.807, 2.05) is 4.90 Å². The summed E-state index contributed by atoms with van der Waals surface area (Å²) in [7, 11) is 0. The zero-order chi connectivity index (χ0) is 15.2. The summed E-state index contributed by atoms with van der Waals surface area (Å²) in [6.07, 6.45) is 6.00. The molecule has 21 heavy (non-hydrogen) atoms. The van der Waals surface area contributed by atoms with Crippen LogP contribution in [0.3, 0.4) is 0 Å². The fourth-order valence-corrected chi connectivity index (χ4v) is 2.67. The highest BCUT2D eigenvalue weighted by Crippen LogP contribution is 2.21. The number of carboxylic acid groups (broad SMARTS) is 1. The highest BCUT2D eigenvalue weighted by molar-refractivity contribution is 5.94. The molecule has 1 aliphatic rings. The number of nitrogens with zero attached hydrogens (tertiary/aromatic N) is 1. The Morgan fingerprint density at radius 3 is 2.67 bits per heavy atom. The first-order valence-electron chi connectivity index (χ1n) is 7.40. The molecular weight excluding hydrogens is 266 g/mol. The van der Waals surface area contributed by atoms with E-state index in [1.165, 1.54) is 12.5 Å². The van der Waals surface area contributed by atoms with E-state index in [1.54, 1.807) is 24.3 Å². The van der Waals surface area contributed by atoms with Crippen LogP contribution in [0, 0.1) is 5.92 Å². The third kappa shape index (κ3) is 4.18. The number of hydrogen-bond donors (Lipinski definition) is 1. The smallest absolute Gasteiger partial charge is 0.328 e. The molecule has 4 heteroatoms. The lowest BCUT2D eigenvalue weighted by Gasteiger charge is -2.32. The predicted octanol–water partition coefficient (Wildman–Crippen LogP) is 3.05. The van der Waals surface area contributed by atoms with Crippen LogP contribution in [0.2, 0.25) is 0 Å². The topological polar surface area (TPSA) is 57.6 Å². The number of piperidine rings is 1. The zero-order valence-corrected chi connectivity index (χ0v) is 12.3. The van der Waals surface area contributed by atoms with Gasteiger partial charge in [0, 0.05) is 24.7 Å². The lowest BCUT2D eigenvalue weighted by Crippen LogP contribution is -2.39. The van der Waals surface area contributed by atoms with Crippen LogP contribution in [-0.4, -0.2) is 35.0 Å². The van der Waals surface area contributed by atoms with Gasteiger partial charge in [0.2, 0.25) is 0 Å². The Balaban J connectivity index is 2.04. The first-order valence-corrected chi connectivity index (χ1v) is 7.40. The molecule has 1 fully saturated rings. The van der Waals surface area contributed by atoms with Gasteiger partial charge in [-0.2, -0.15) is 0 Å². The largest absolute Gasteiger partial charge is 0.478 e. The van der Waals surface area contributed by atoms with Crippen LogP contribution in [0.15, 0.2) is 30.3 Å². The number of amides is 1. The van der Waals surface area contributed by atoms with Crippen LogP contribution in [0.5, 0.6) is 0 Å². The molecule has 0 aliphatic carbocycles. The highest BCUT2D eigenvalue weighted by atomic mass is 16.4.